The van der Waals surface area contributed by atoms with E-state index in [-0.39, 0.29) is 96.3 Å². The Morgan fingerprint density at radius 2 is 0.600 bits per heavy atom. The second-order valence-electron chi connectivity index (χ2n) is 29.2. The summed E-state index contributed by atoms with van der Waals surface area (Å²) >= 11 is 0. The summed E-state index contributed by atoms with van der Waals surface area (Å²) in [4.78, 5) is 28.8. The molecule has 1 saturated carbocycles. The maximum atomic E-state index is 9.71. The zero-order valence-electron chi connectivity index (χ0n) is 64.6. The van der Waals surface area contributed by atoms with E-state index in [1.165, 1.54) is 19.3 Å². The van der Waals surface area contributed by atoms with Crippen molar-refractivity contribution >= 4 is 0 Å². The van der Waals surface area contributed by atoms with Crippen LogP contribution in [0.3, 0.4) is 0 Å². The molecule has 6 N–H and O–H groups in total. The average molecular weight is 2010 g/mol. The van der Waals surface area contributed by atoms with Crippen molar-refractivity contribution in [1.29, 1.82) is 0 Å². The van der Waals surface area contributed by atoms with Gasteiger partial charge in [0, 0.05) is 113 Å². The SMILES string of the molecule is CC(C)CC(O)CC(C)O.CC(C)CC(O)CC(O)C(C)(C)C.CC(O)CC(O)C1CCCCC1.[Ir].[Ir].[Ir].[c-]1ccccc1-c1ncc(-c2ccccc2)nc1-c1ccccc1.[c-]1ccccc1-c1ncc(-c2ccccc2)nc1-c1ccccc1.[c-]1ccccc1-c1ncc(-c2ccccc2)nc1-c1ccccc1. The maximum Gasteiger partial charge on any atom is 0.0873 e. The van der Waals surface area contributed by atoms with Crippen molar-refractivity contribution in [3.63, 3.8) is 0 Å². The van der Waals surface area contributed by atoms with Gasteiger partial charge < -0.3 is 45.6 Å². The Kier molecular flexibility index (Phi) is 41.5. The van der Waals surface area contributed by atoms with E-state index in [4.69, 9.17) is 40.1 Å². The van der Waals surface area contributed by atoms with Crippen LogP contribution in [0.1, 0.15) is 127 Å². The summed E-state index contributed by atoms with van der Waals surface area (Å²) in [5, 5.41) is 56.2. The summed E-state index contributed by atoms with van der Waals surface area (Å²) < 4.78 is 0. The molecule has 1 aliphatic carbocycles. The molecule has 0 spiro atoms. The topological polar surface area (TPSA) is 199 Å². The number of aliphatic hydroxyl groups is 6. The summed E-state index contributed by atoms with van der Waals surface area (Å²) in [7, 11) is 0. The number of aliphatic hydroxyl groups excluding tert-OH is 6. The molecule has 13 rings (SSSR count). The van der Waals surface area contributed by atoms with Crippen LogP contribution in [-0.2, 0) is 60.3 Å². The molecule has 0 aliphatic heterocycles. The number of nitrogens with zero attached hydrogens (tertiary/aromatic N) is 6. The molecular formula is C95H107Ir3N6O6-3. The molecule has 3 aromatic heterocycles. The van der Waals surface area contributed by atoms with Crippen molar-refractivity contribution in [2.45, 2.75) is 163 Å². The minimum Gasteiger partial charge on any atom is -0.393 e. The van der Waals surface area contributed by atoms with Crippen LogP contribution in [0.2, 0.25) is 0 Å². The van der Waals surface area contributed by atoms with Crippen molar-refractivity contribution in [3.8, 4) is 101 Å². The van der Waals surface area contributed by atoms with Crippen molar-refractivity contribution in [3.05, 3.63) is 292 Å². The van der Waals surface area contributed by atoms with E-state index in [0.717, 1.165) is 127 Å². The fourth-order valence-electron chi connectivity index (χ4n) is 12.4. The first-order valence-electron chi connectivity index (χ1n) is 37.6. The average Bonchev–Trinajstić information content (AvgIpc) is 0.810. The van der Waals surface area contributed by atoms with Gasteiger partial charge in [-0.1, -0.05) is 250 Å². The third-order valence-corrected chi connectivity index (χ3v) is 17.9. The Bertz CT molecular complexity index is 4020. The Morgan fingerprint density at radius 3 is 0.855 bits per heavy atom. The minimum atomic E-state index is -0.416. The molecule has 0 amide bonds. The molecule has 3 radical (unpaired) electrons. The first kappa shape index (κ1) is 92.5. The summed E-state index contributed by atoms with van der Waals surface area (Å²) in [5.41, 5.74) is 16.8. The van der Waals surface area contributed by atoms with Crippen LogP contribution >= 0.6 is 0 Å². The molecule has 1 aliphatic rings. The third kappa shape index (κ3) is 31.2. The Balaban J connectivity index is 0.000000243. The first-order chi connectivity index (χ1) is 51.7. The van der Waals surface area contributed by atoms with Crippen LogP contribution in [-0.4, -0.2) is 97.2 Å². The number of benzene rings is 9. The monoisotopic (exact) mass is 2010 g/mol. The van der Waals surface area contributed by atoms with Crippen molar-refractivity contribution in [1.82, 2.24) is 29.9 Å². The summed E-state index contributed by atoms with van der Waals surface area (Å²) in [6, 6.07) is 94.2. The molecule has 583 valence electrons. The smallest absolute Gasteiger partial charge is 0.0873 e. The van der Waals surface area contributed by atoms with E-state index in [0.29, 0.717) is 37.0 Å². The van der Waals surface area contributed by atoms with Gasteiger partial charge in [0.25, 0.3) is 0 Å². The van der Waals surface area contributed by atoms with E-state index < -0.39 is 6.10 Å². The van der Waals surface area contributed by atoms with Crippen molar-refractivity contribution in [2.24, 2.45) is 23.2 Å². The Hall–Kier alpha value is -8.07. The molecule has 110 heavy (non-hydrogen) atoms. The molecule has 9 aromatic carbocycles. The molecule has 1 fully saturated rings. The largest absolute Gasteiger partial charge is 0.393 e. The minimum absolute atomic E-state index is 0. The van der Waals surface area contributed by atoms with Crippen LogP contribution in [0, 0.1) is 41.4 Å². The fourth-order valence-corrected chi connectivity index (χ4v) is 12.4. The van der Waals surface area contributed by atoms with Crippen LogP contribution in [0.4, 0.5) is 0 Å². The zero-order chi connectivity index (χ0) is 76.3. The molecule has 0 saturated heterocycles. The van der Waals surface area contributed by atoms with Crippen LogP contribution in [0.25, 0.3) is 101 Å². The molecular weight excluding hydrogens is 1900 g/mol. The molecule has 12 nitrogen and oxygen atoms in total. The van der Waals surface area contributed by atoms with Gasteiger partial charge in [0.15, 0.2) is 0 Å². The van der Waals surface area contributed by atoms with Crippen LogP contribution in [0.5, 0.6) is 0 Å². The Morgan fingerprint density at radius 1 is 0.327 bits per heavy atom. The van der Waals surface area contributed by atoms with Gasteiger partial charge in [-0.2, -0.15) is 0 Å². The van der Waals surface area contributed by atoms with Gasteiger partial charge in [0.1, 0.15) is 0 Å². The van der Waals surface area contributed by atoms with E-state index in [1.54, 1.807) is 13.8 Å². The summed E-state index contributed by atoms with van der Waals surface area (Å²) in [5.74, 6) is 1.45. The normalized spacial score (nSPS) is 13.3. The van der Waals surface area contributed by atoms with Gasteiger partial charge in [0.2, 0.25) is 0 Å². The number of aromatic nitrogens is 6. The molecule has 3 heterocycles. The predicted molar refractivity (Wildman–Crippen MR) is 438 cm³/mol. The number of rotatable bonds is 20. The van der Waals surface area contributed by atoms with E-state index in [9.17, 15) is 20.4 Å². The second-order valence-corrected chi connectivity index (χ2v) is 29.2. The second kappa shape index (κ2) is 49.3. The fraction of sp³-hybridized carbons (Fsp3) is 0.305. The predicted octanol–water partition coefficient (Wildman–Crippen LogP) is 20.9. The Labute approximate surface area is 694 Å². The number of hydrogen-bond donors (Lipinski definition) is 6. The number of hydrogen-bond acceptors (Lipinski definition) is 12. The third-order valence-electron chi connectivity index (χ3n) is 17.9. The van der Waals surface area contributed by atoms with Crippen molar-refractivity contribution < 1.29 is 91.0 Å². The van der Waals surface area contributed by atoms with E-state index in [2.05, 4.69) is 82.3 Å². The van der Waals surface area contributed by atoms with E-state index >= 15 is 0 Å². The molecule has 6 atom stereocenters. The molecule has 0 bridgehead atoms. The maximum absolute atomic E-state index is 9.71. The van der Waals surface area contributed by atoms with Crippen molar-refractivity contribution in [2.75, 3.05) is 0 Å². The van der Waals surface area contributed by atoms with Crippen LogP contribution < -0.4 is 0 Å². The molecule has 6 unspecified atom stereocenters. The first-order valence-corrected chi connectivity index (χ1v) is 37.6. The standard InChI is InChI=1S/3C22H15N2.C11H24O2.C10H20O2.C8H18O2.3Ir/c3*1-4-10-17(11-5-1)20-16-23-21(18-12-6-2-7-13-18)22(24-20)19-14-8-3-9-15-19;1-8(2)6-9(12)7-10(13)11(3,4)5;1-8(11)7-10(12)9-5-3-2-4-6-9;1-6(2)4-8(10)5-7(3)9;;;/h3*1-12,14-16H;8-10,12-13H,6-7H2,1-5H3;8-12H,2-7H2,1H3;6-10H,4-5H2,1-3H3;;;/q3*-1;;;;;;. The molecule has 15 heteroatoms. The summed E-state index contributed by atoms with van der Waals surface area (Å²) in [6.07, 6.45) is 12.6. The molecule has 12 aromatic rings. The zero-order valence-corrected chi connectivity index (χ0v) is 71.8. The van der Waals surface area contributed by atoms with Gasteiger partial charge in [-0.3, -0.25) is 15.0 Å². The van der Waals surface area contributed by atoms with Gasteiger partial charge in [0.05, 0.1) is 70.8 Å². The van der Waals surface area contributed by atoms with Gasteiger partial charge in [-0.25, -0.2) is 0 Å². The van der Waals surface area contributed by atoms with Gasteiger partial charge in [-0.05, 0) is 98.7 Å². The summed E-state index contributed by atoms with van der Waals surface area (Å²) in [6.45, 7) is 17.7. The van der Waals surface area contributed by atoms with Crippen LogP contribution in [0.15, 0.2) is 273 Å². The van der Waals surface area contributed by atoms with E-state index in [1.807, 2.05) is 258 Å². The van der Waals surface area contributed by atoms with Gasteiger partial charge in [-0.15, -0.1) is 108 Å². The quantitative estimate of drug-likeness (QED) is 0.0395. The van der Waals surface area contributed by atoms with Gasteiger partial charge >= 0.3 is 0 Å².